The van der Waals surface area contributed by atoms with Gasteiger partial charge in [0.25, 0.3) is 0 Å². The fraction of sp³-hybridized carbons (Fsp3) is 0.0435. The van der Waals surface area contributed by atoms with Crippen LogP contribution in [0.15, 0.2) is 89.6 Å². The van der Waals surface area contributed by atoms with E-state index in [0.29, 0.717) is 12.5 Å². The highest BCUT2D eigenvalue weighted by atomic mass is 127. The predicted octanol–water partition coefficient (Wildman–Crippen LogP) is 5.21. The lowest BCUT2D eigenvalue weighted by Crippen LogP contribution is -2.04. The van der Waals surface area contributed by atoms with Crippen LogP contribution in [0, 0.1) is 3.57 Å². The van der Waals surface area contributed by atoms with Gasteiger partial charge in [-0.3, -0.25) is 0 Å². The van der Waals surface area contributed by atoms with Gasteiger partial charge in [0.15, 0.2) is 5.70 Å². The van der Waals surface area contributed by atoms with Crippen LogP contribution in [0.1, 0.15) is 16.7 Å². The van der Waals surface area contributed by atoms with E-state index in [9.17, 15) is 4.79 Å². The second-order valence-corrected chi connectivity index (χ2v) is 7.43. The number of ether oxygens (including phenoxy) is 2. The molecule has 0 aromatic heterocycles. The molecule has 1 heterocycles. The molecule has 4 rings (SSSR count). The molecule has 0 fully saturated rings. The van der Waals surface area contributed by atoms with E-state index in [2.05, 4.69) is 51.8 Å². The highest BCUT2D eigenvalue weighted by molar-refractivity contribution is 14.1. The molecule has 0 saturated heterocycles. The molecule has 3 aromatic carbocycles. The Balaban J connectivity index is 1.44. The molecule has 0 amide bonds. The molecule has 0 radical (unpaired) electrons. The van der Waals surface area contributed by atoms with Gasteiger partial charge in [-0.2, -0.15) is 0 Å². The second kappa shape index (κ2) is 8.39. The minimum Gasteiger partial charge on any atom is -0.489 e. The summed E-state index contributed by atoms with van der Waals surface area (Å²) in [6.07, 6.45) is 1.71. The molecule has 0 saturated carbocycles. The van der Waals surface area contributed by atoms with Crippen molar-refractivity contribution in [3.63, 3.8) is 0 Å². The van der Waals surface area contributed by atoms with E-state index in [0.717, 1.165) is 22.4 Å². The Kier molecular flexibility index (Phi) is 5.53. The van der Waals surface area contributed by atoms with Crippen LogP contribution in [-0.2, 0) is 16.1 Å². The molecule has 1 aliphatic rings. The average molecular weight is 481 g/mol. The van der Waals surface area contributed by atoms with Gasteiger partial charge in [-0.05, 0) is 76.2 Å². The highest BCUT2D eigenvalue weighted by Gasteiger charge is 2.23. The van der Waals surface area contributed by atoms with Crippen LogP contribution in [0.3, 0.4) is 0 Å². The molecule has 3 aromatic rings. The molecule has 0 aliphatic carbocycles. The number of aliphatic imine (C=N–C) groups is 1. The third kappa shape index (κ3) is 4.48. The molecule has 0 N–H and O–H groups in total. The van der Waals surface area contributed by atoms with Crippen molar-refractivity contribution < 1.29 is 14.3 Å². The molecular formula is C23H16INO3. The summed E-state index contributed by atoms with van der Waals surface area (Å²) in [7, 11) is 0. The summed E-state index contributed by atoms with van der Waals surface area (Å²) in [6, 6.07) is 25.1. The SMILES string of the molecule is O=C1OC(c2ccccc2)=NC1=Cc1ccc(OCc2ccc(I)cc2)cc1. The van der Waals surface area contributed by atoms with Crippen molar-refractivity contribution in [3.05, 3.63) is 105 Å². The standard InChI is InChI=1S/C23H16INO3/c24-19-10-6-17(7-11-19)15-27-20-12-8-16(9-13-20)14-21-23(26)28-22(25-21)18-4-2-1-3-5-18/h1-14H,15H2. The first-order chi connectivity index (χ1) is 13.7. The molecule has 138 valence electrons. The molecule has 0 atom stereocenters. The van der Waals surface area contributed by atoms with Crippen LogP contribution in [-0.4, -0.2) is 11.9 Å². The maximum absolute atomic E-state index is 12.1. The maximum Gasteiger partial charge on any atom is 0.363 e. The van der Waals surface area contributed by atoms with Gasteiger partial charge in [-0.15, -0.1) is 0 Å². The molecule has 4 nitrogen and oxygen atoms in total. The summed E-state index contributed by atoms with van der Waals surface area (Å²) in [5.74, 6) is 0.649. The highest BCUT2D eigenvalue weighted by Crippen LogP contribution is 2.21. The predicted molar refractivity (Wildman–Crippen MR) is 117 cm³/mol. The second-order valence-electron chi connectivity index (χ2n) is 6.19. The lowest BCUT2D eigenvalue weighted by atomic mass is 10.2. The lowest BCUT2D eigenvalue weighted by Gasteiger charge is -2.06. The summed E-state index contributed by atoms with van der Waals surface area (Å²) in [5.41, 5.74) is 3.03. The van der Waals surface area contributed by atoms with E-state index in [1.54, 1.807) is 6.08 Å². The van der Waals surface area contributed by atoms with Gasteiger partial charge in [-0.1, -0.05) is 42.5 Å². The molecule has 0 spiro atoms. The number of esters is 1. The van der Waals surface area contributed by atoms with Gasteiger partial charge >= 0.3 is 5.97 Å². The Hall–Kier alpha value is -2.93. The van der Waals surface area contributed by atoms with Gasteiger partial charge in [0.05, 0.1) is 0 Å². The van der Waals surface area contributed by atoms with Crippen LogP contribution in [0.25, 0.3) is 6.08 Å². The van der Waals surface area contributed by atoms with Crippen molar-refractivity contribution >= 4 is 40.5 Å². The number of benzene rings is 3. The van der Waals surface area contributed by atoms with E-state index in [4.69, 9.17) is 9.47 Å². The topological polar surface area (TPSA) is 47.9 Å². The van der Waals surface area contributed by atoms with E-state index in [-0.39, 0.29) is 5.70 Å². The van der Waals surface area contributed by atoms with Gasteiger partial charge < -0.3 is 9.47 Å². The molecule has 5 heteroatoms. The van der Waals surface area contributed by atoms with Crippen molar-refractivity contribution in [2.24, 2.45) is 4.99 Å². The quantitative estimate of drug-likeness (QED) is 0.286. The molecule has 0 unspecified atom stereocenters. The van der Waals surface area contributed by atoms with Crippen LogP contribution >= 0.6 is 22.6 Å². The largest absolute Gasteiger partial charge is 0.489 e. The summed E-state index contributed by atoms with van der Waals surface area (Å²) < 4.78 is 12.3. The van der Waals surface area contributed by atoms with E-state index < -0.39 is 5.97 Å². The van der Waals surface area contributed by atoms with Crippen LogP contribution < -0.4 is 4.74 Å². The van der Waals surface area contributed by atoms with Crippen molar-refractivity contribution in [3.8, 4) is 5.75 Å². The minimum atomic E-state index is -0.446. The van der Waals surface area contributed by atoms with Gasteiger partial charge in [0, 0.05) is 9.13 Å². The Labute approximate surface area is 176 Å². The van der Waals surface area contributed by atoms with Crippen LogP contribution in [0.5, 0.6) is 5.75 Å². The summed E-state index contributed by atoms with van der Waals surface area (Å²) >= 11 is 2.28. The first kappa shape index (κ1) is 18.4. The number of cyclic esters (lactones) is 1. The number of rotatable bonds is 5. The normalized spacial score (nSPS) is 14.7. The van der Waals surface area contributed by atoms with Crippen molar-refractivity contribution in [1.82, 2.24) is 0 Å². The zero-order chi connectivity index (χ0) is 19.3. The van der Waals surface area contributed by atoms with E-state index >= 15 is 0 Å². The maximum atomic E-state index is 12.1. The summed E-state index contributed by atoms with van der Waals surface area (Å²) in [6.45, 7) is 0.508. The molecular weight excluding hydrogens is 465 g/mol. The zero-order valence-electron chi connectivity index (χ0n) is 14.8. The number of hydrogen-bond acceptors (Lipinski definition) is 4. The Morgan fingerprint density at radius 3 is 2.36 bits per heavy atom. The van der Waals surface area contributed by atoms with Crippen molar-refractivity contribution in [1.29, 1.82) is 0 Å². The Morgan fingerprint density at radius 1 is 0.929 bits per heavy atom. The fourth-order valence-corrected chi connectivity index (χ4v) is 3.04. The third-order valence-electron chi connectivity index (χ3n) is 4.14. The van der Waals surface area contributed by atoms with Gasteiger partial charge in [0.2, 0.25) is 5.90 Å². The first-order valence-corrected chi connectivity index (χ1v) is 9.80. The first-order valence-electron chi connectivity index (χ1n) is 8.73. The van der Waals surface area contributed by atoms with Crippen molar-refractivity contribution in [2.75, 3.05) is 0 Å². The van der Waals surface area contributed by atoms with Gasteiger partial charge in [-0.25, -0.2) is 9.79 Å². The Morgan fingerprint density at radius 2 is 1.64 bits per heavy atom. The van der Waals surface area contributed by atoms with Crippen LogP contribution in [0.4, 0.5) is 0 Å². The molecule has 1 aliphatic heterocycles. The number of hydrogen-bond donors (Lipinski definition) is 0. The number of carbonyl (C=O) groups excluding carboxylic acids is 1. The lowest BCUT2D eigenvalue weighted by molar-refractivity contribution is -0.129. The summed E-state index contributed by atoms with van der Waals surface area (Å²) in [5, 5.41) is 0. The fourth-order valence-electron chi connectivity index (χ4n) is 2.68. The number of carbonyl (C=O) groups is 1. The zero-order valence-corrected chi connectivity index (χ0v) is 17.0. The Bertz CT molecular complexity index is 1040. The van der Waals surface area contributed by atoms with Crippen molar-refractivity contribution in [2.45, 2.75) is 6.61 Å². The minimum absolute atomic E-state index is 0.284. The van der Waals surface area contributed by atoms with Crippen LogP contribution in [0.2, 0.25) is 0 Å². The van der Waals surface area contributed by atoms with E-state index in [1.165, 1.54) is 3.57 Å². The van der Waals surface area contributed by atoms with Gasteiger partial charge in [0.1, 0.15) is 12.4 Å². The number of nitrogens with zero attached hydrogens (tertiary/aromatic N) is 1. The third-order valence-corrected chi connectivity index (χ3v) is 4.86. The molecule has 28 heavy (non-hydrogen) atoms. The van der Waals surface area contributed by atoms with E-state index in [1.807, 2.05) is 54.6 Å². The average Bonchev–Trinajstić information content (AvgIpc) is 3.10. The monoisotopic (exact) mass is 481 g/mol. The summed E-state index contributed by atoms with van der Waals surface area (Å²) in [4.78, 5) is 16.4. The smallest absolute Gasteiger partial charge is 0.363 e. The number of halogens is 1. The molecule has 0 bridgehead atoms.